The lowest BCUT2D eigenvalue weighted by atomic mass is 10.1. The van der Waals surface area contributed by atoms with E-state index in [1.807, 2.05) is 24.3 Å². The average Bonchev–Trinajstić information content (AvgIpc) is 3.15. The van der Waals surface area contributed by atoms with Gasteiger partial charge in [-0.3, -0.25) is 4.79 Å². The Morgan fingerprint density at radius 2 is 1.88 bits per heavy atom. The molecular weight excluding hydrogens is 316 g/mol. The van der Waals surface area contributed by atoms with Gasteiger partial charge >= 0.3 is 0 Å². The normalized spacial score (nSPS) is 16.6. The summed E-state index contributed by atoms with van der Waals surface area (Å²) in [5.74, 6) is 1.83. The van der Waals surface area contributed by atoms with E-state index in [-0.39, 0.29) is 5.91 Å². The van der Waals surface area contributed by atoms with Crippen LogP contribution in [0.3, 0.4) is 0 Å². The van der Waals surface area contributed by atoms with Crippen molar-refractivity contribution in [3.8, 4) is 11.5 Å². The van der Waals surface area contributed by atoms with E-state index in [9.17, 15) is 4.79 Å². The third-order valence-corrected chi connectivity index (χ3v) is 4.63. The molecule has 0 aliphatic carbocycles. The SMILES string of the molecule is COc1ccc(N2CCC(CNC(=O)c3ccccc3OC)C2)cc1. The summed E-state index contributed by atoms with van der Waals surface area (Å²) in [5.41, 5.74) is 1.77. The second kappa shape index (κ2) is 7.92. The van der Waals surface area contributed by atoms with Crippen LogP contribution in [0.4, 0.5) is 5.69 Å². The number of carbonyl (C=O) groups excluding carboxylic acids is 1. The van der Waals surface area contributed by atoms with Crippen molar-refractivity contribution < 1.29 is 14.3 Å². The number of hydrogen-bond acceptors (Lipinski definition) is 4. The van der Waals surface area contributed by atoms with Crippen molar-refractivity contribution in [3.05, 3.63) is 54.1 Å². The van der Waals surface area contributed by atoms with Gasteiger partial charge in [-0.2, -0.15) is 0 Å². The van der Waals surface area contributed by atoms with Crippen molar-refractivity contribution >= 4 is 11.6 Å². The summed E-state index contributed by atoms with van der Waals surface area (Å²) in [6.07, 6.45) is 1.07. The molecular formula is C20H24N2O3. The maximum Gasteiger partial charge on any atom is 0.255 e. The lowest BCUT2D eigenvalue weighted by Gasteiger charge is -2.19. The molecule has 25 heavy (non-hydrogen) atoms. The van der Waals surface area contributed by atoms with Gasteiger partial charge in [0.15, 0.2) is 0 Å². The smallest absolute Gasteiger partial charge is 0.255 e. The number of hydrogen-bond donors (Lipinski definition) is 1. The third-order valence-electron chi connectivity index (χ3n) is 4.63. The Morgan fingerprint density at radius 3 is 2.60 bits per heavy atom. The van der Waals surface area contributed by atoms with Gasteiger partial charge in [0.25, 0.3) is 5.91 Å². The standard InChI is InChI=1S/C20H24N2O3/c1-24-17-9-7-16(8-10-17)22-12-11-15(14-22)13-21-20(23)18-5-3-4-6-19(18)25-2/h3-10,15H,11-14H2,1-2H3,(H,21,23). The lowest BCUT2D eigenvalue weighted by Crippen LogP contribution is -2.31. The van der Waals surface area contributed by atoms with Crippen molar-refractivity contribution in [1.29, 1.82) is 0 Å². The zero-order valence-electron chi connectivity index (χ0n) is 14.7. The van der Waals surface area contributed by atoms with Crippen LogP contribution in [0.15, 0.2) is 48.5 Å². The topological polar surface area (TPSA) is 50.8 Å². The first-order valence-electron chi connectivity index (χ1n) is 8.51. The summed E-state index contributed by atoms with van der Waals surface area (Å²) in [5, 5.41) is 3.04. The maximum atomic E-state index is 12.4. The van der Waals surface area contributed by atoms with Gasteiger partial charge in [0.1, 0.15) is 11.5 Å². The summed E-state index contributed by atoms with van der Waals surface area (Å²) in [6, 6.07) is 15.4. The fourth-order valence-corrected chi connectivity index (χ4v) is 3.19. The van der Waals surface area contributed by atoms with E-state index in [1.54, 1.807) is 26.4 Å². The molecule has 0 spiro atoms. The summed E-state index contributed by atoms with van der Waals surface area (Å²) in [4.78, 5) is 14.7. The Hall–Kier alpha value is -2.69. The number of nitrogens with zero attached hydrogens (tertiary/aromatic N) is 1. The molecule has 0 saturated carbocycles. The van der Waals surface area contributed by atoms with Gasteiger partial charge in [-0.25, -0.2) is 0 Å². The van der Waals surface area contributed by atoms with E-state index in [1.165, 1.54) is 5.69 Å². The van der Waals surface area contributed by atoms with Gasteiger partial charge in [-0.1, -0.05) is 12.1 Å². The second-order valence-electron chi connectivity index (χ2n) is 6.21. The minimum Gasteiger partial charge on any atom is -0.497 e. The van der Waals surface area contributed by atoms with Gasteiger partial charge in [-0.05, 0) is 48.7 Å². The van der Waals surface area contributed by atoms with Crippen LogP contribution in [-0.2, 0) is 0 Å². The number of para-hydroxylation sites is 1. The monoisotopic (exact) mass is 340 g/mol. The molecule has 1 N–H and O–H groups in total. The molecule has 1 amide bonds. The van der Waals surface area contributed by atoms with Gasteiger partial charge in [-0.15, -0.1) is 0 Å². The first kappa shape index (κ1) is 17.1. The second-order valence-corrected chi connectivity index (χ2v) is 6.21. The number of ether oxygens (including phenoxy) is 2. The number of benzene rings is 2. The zero-order valence-corrected chi connectivity index (χ0v) is 14.7. The summed E-state index contributed by atoms with van der Waals surface area (Å²) < 4.78 is 10.5. The van der Waals surface area contributed by atoms with Crippen molar-refractivity contribution in [2.75, 3.05) is 38.8 Å². The van der Waals surface area contributed by atoms with Crippen LogP contribution in [0.2, 0.25) is 0 Å². The molecule has 1 unspecified atom stereocenters. The highest BCUT2D eigenvalue weighted by Gasteiger charge is 2.23. The zero-order chi connectivity index (χ0) is 17.6. The first-order valence-corrected chi connectivity index (χ1v) is 8.51. The molecule has 0 bridgehead atoms. The van der Waals surface area contributed by atoms with E-state index in [0.29, 0.717) is 23.8 Å². The summed E-state index contributed by atoms with van der Waals surface area (Å²) in [7, 11) is 3.25. The molecule has 1 atom stereocenters. The molecule has 132 valence electrons. The predicted molar refractivity (Wildman–Crippen MR) is 98.6 cm³/mol. The Bertz CT molecular complexity index is 715. The van der Waals surface area contributed by atoms with Gasteiger partial charge < -0.3 is 19.7 Å². The molecule has 1 aliphatic rings. The molecule has 5 heteroatoms. The average molecular weight is 340 g/mol. The molecule has 3 rings (SSSR count). The number of anilines is 1. The third kappa shape index (κ3) is 4.05. The Morgan fingerprint density at radius 1 is 1.12 bits per heavy atom. The van der Waals surface area contributed by atoms with E-state index in [2.05, 4.69) is 22.3 Å². The number of amides is 1. The Kier molecular flexibility index (Phi) is 5.43. The predicted octanol–water partition coefficient (Wildman–Crippen LogP) is 2.96. The minimum absolute atomic E-state index is 0.0830. The highest BCUT2D eigenvalue weighted by molar-refractivity contribution is 5.96. The fraction of sp³-hybridized carbons (Fsp3) is 0.350. The number of rotatable bonds is 6. The first-order chi connectivity index (χ1) is 12.2. The van der Waals surface area contributed by atoms with Crippen LogP contribution in [0.1, 0.15) is 16.8 Å². The molecule has 1 aliphatic heterocycles. The Balaban J connectivity index is 1.53. The van der Waals surface area contributed by atoms with Crippen molar-refractivity contribution in [2.24, 2.45) is 5.92 Å². The number of carbonyl (C=O) groups is 1. The van der Waals surface area contributed by atoms with E-state index >= 15 is 0 Å². The molecule has 1 heterocycles. The van der Waals surface area contributed by atoms with Crippen LogP contribution in [0.5, 0.6) is 11.5 Å². The molecule has 1 fully saturated rings. The highest BCUT2D eigenvalue weighted by atomic mass is 16.5. The van der Waals surface area contributed by atoms with Gasteiger partial charge in [0.2, 0.25) is 0 Å². The molecule has 5 nitrogen and oxygen atoms in total. The van der Waals surface area contributed by atoms with Crippen molar-refractivity contribution in [2.45, 2.75) is 6.42 Å². The minimum atomic E-state index is -0.0830. The summed E-state index contributed by atoms with van der Waals surface area (Å²) in [6.45, 7) is 2.61. The molecule has 0 radical (unpaired) electrons. The van der Waals surface area contributed by atoms with Crippen molar-refractivity contribution in [1.82, 2.24) is 5.32 Å². The van der Waals surface area contributed by atoms with Gasteiger partial charge in [0, 0.05) is 25.3 Å². The molecule has 0 aromatic heterocycles. The number of methoxy groups -OCH3 is 2. The fourth-order valence-electron chi connectivity index (χ4n) is 3.19. The van der Waals surface area contributed by atoms with E-state index in [0.717, 1.165) is 25.3 Å². The van der Waals surface area contributed by atoms with Crippen LogP contribution in [0, 0.1) is 5.92 Å². The van der Waals surface area contributed by atoms with Crippen LogP contribution >= 0.6 is 0 Å². The molecule has 2 aromatic rings. The quantitative estimate of drug-likeness (QED) is 0.878. The molecule has 1 saturated heterocycles. The molecule has 2 aromatic carbocycles. The summed E-state index contributed by atoms with van der Waals surface area (Å²) >= 11 is 0. The van der Waals surface area contributed by atoms with E-state index in [4.69, 9.17) is 9.47 Å². The Labute approximate surface area is 148 Å². The maximum absolute atomic E-state index is 12.4. The number of nitrogens with one attached hydrogen (secondary N) is 1. The highest BCUT2D eigenvalue weighted by Crippen LogP contribution is 2.25. The lowest BCUT2D eigenvalue weighted by molar-refractivity contribution is 0.0945. The van der Waals surface area contributed by atoms with E-state index < -0.39 is 0 Å². The van der Waals surface area contributed by atoms with Gasteiger partial charge in [0.05, 0.1) is 19.8 Å². The van der Waals surface area contributed by atoms with Crippen LogP contribution in [0.25, 0.3) is 0 Å². The van der Waals surface area contributed by atoms with Crippen molar-refractivity contribution in [3.63, 3.8) is 0 Å². The van der Waals surface area contributed by atoms with Crippen LogP contribution < -0.4 is 19.7 Å². The van der Waals surface area contributed by atoms with Crippen LogP contribution in [-0.4, -0.2) is 39.8 Å². The largest absolute Gasteiger partial charge is 0.497 e.